The molecule has 7 heteroatoms. The van der Waals surface area contributed by atoms with Crippen LogP contribution in [-0.2, 0) is 16.0 Å². The highest BCUT2D eigenvalue weighted by Gasteiger charge is 2.34. The lowest BCUT2D eigenvalue weighted by molar-refractivity contribution is -0.117. The van der Waals surface area contributed by atoms with Gasteiger partial charge in [-0.3, -0.25) is 9.59 Å². The van der Waals surface area contributed by atoms with Crippen molar-refractivity contribution in [1.82, 2.24) is 10.2 Å². The highest BCUT2D eigenvalue weighted by Crippen LogP contribution is 2.35. The molecule has 0 spiro atoms. The lowest BCUT2D eigenvalue weighted by atomic mass is 10.1. The fourth-order valence-corrected chi connectivity index (χ4v) is 3.89. The third-order valence-electron chi connectivity index (χ3n) is 4.30. The Morgan fingerprint density at radius 2 is 2.12 bits per heavy atom. The SMILES string of the molecule is CCCC(=O)Nc1nnc(C2CC(=O)N(c3ccccc3CC)C2)s1. The Hall–Kier alpha value is -2.28. The van der Waals surface area contributed by atoms with Crippen molar-refractivity contribution in [3.05, 3.63) is 34.8 Å². The van der Waals surface area contributed by atoms with E-state index in [0.717, 1.165) is 23.5 Å². The third-order valence-corrected chi connectivity index (χ3v) is 5.30. The van der Waals surface area contributed by atoms with Gasteiger partial charge in [0.25, 0.3) is 0 Å². The van der Waals surface area contributed by atoms with E-state index in [-0.39, 0.29) is 17.7 Å². The molecule has 1 unspecified atom stereocenters. The first-order valence-electron chi connectivity index (χ1n) is 8.63. The minimum absolute atomic E-state index is 0.0201. The van der Waals surface area contributed by atoms with Gasteiger partial charge in [0.2, 0.25) is 16.9 Å². The first-order chi connectivity index (χ1) is 12.1. The number of benzene rings is 1. The van der Waals surface area contributed by atoms with E-state index in [1.54, 1.807) is 0 Å². The fourth-order valence-electron chi connectivity index (χ4n) is 3.04. The Labute approximate surface area is 151 Å². The molecule has 1 aromatic carbocycles. The molecule has 1 saturated heterocycles. The second-order valence-electron chi connectivity index (χ2n) is 6.13. The number of aryl methyl sites for hydroxylation is 1. The zero-order valence-electron chi connectivity index (χ0n) is 14.5. The minimum Gasteiger partial charge on any atom is -0.311 e. The predicted octanol–water partition coefficient (Wildman–Crippen LogP) is 3.36. The monoisotopic (exact) mass is 358 g/mol. The summed E-state index contributed by atoms with van der Waals surface area (Å²) < 4.78 is 0. The largest absolute Gasteiger partial charge is 0.311 e. The van der Waals surface area contributed by atoms with Crippen LogP contribution in [0.15, 0.2) is 24.3 Å². The van der Waals surface area contributed by atoms with Crippen molar-refractivity contribution < 1.29 is 9.59 Å². The Morgan fingerprint density at radius 3 is 2.88 bits per heavy atom. The van der Waals surface area contributed by atoms with Crippen LogP contribution in [0.25, 0.3) is 0 Å². The zero-order valence-corrected chi connectivity index (χ0v) is 15.3. The van der Waals surface area contributed by atoms with E-state index in [0.29, 0.717) is 24.5 Å². The molecule has 3 rings (SSSR count). The summed E-state index contributed by atoms with van der Waals surface area (Å²) in [5.41, 5.74) is 2.15. The molecule has 1 aliphatic rings. The Kier molecular flexibility index (Phi) is 5.43. The number of amides is 2. The van der Waals surface area contributed by atoms with E-state index in [9.17, 15) is 9.59 Å². The second-order valence-corrected chi connectivity index (χ2v) is 7.14. The van der Waals surface area contributed by atoms with Gasteiger partial charge >= 0.3 is 0 Å². The maximum Gasteiger partial charge on any atom is 0.227 e. The van der Waals surface area contributed by atoms with Gasteiger partial charge in [0.05, 0.1) is 0 Å². The smallest absolute Gasteiger partial charge is 0.227 e. The van der Waals surface area contributed by atoms with Crippen molar-refractivity contribution in [2.45, 2.75) is 45.4 Å². The van der Waals surface area contributed by atoms with Crippen LogP contribution >= 0.6 is 11.3 Å². The van der Waals surface area contributed by atoms with E-state index in [1.807, 2.05) is 30.0 Å². The summed E-state index contributed by atoms with van der Waals surface area (Å²) in [6, 6.07) is 8.01. The molecule has 1 aromatic heterocycles. The van der Waals surface area contributed by atoms with E-state index in [4.69, 9.17) is 0 Å². The molecule has 1 aliphatic heterocycles. The number of nitrogens with zero attached hydrogens (tertiary/aromatic N) is 3. The summed E-state index contributed by atoms with van der Waals surface area (Å²) in [6.45, 7) is 4.65. The first kappa shape index (κ1) is 17.5. The molecular weight excluding hydrogens is 336 g/mol. The Bertz CT molecular complexity index is 774. The van der Waals surface area contributed by atoms with Crippen LogP contribution in [0, 0.1) is 0 Å². The number of hydrogen-bond donors (Lipinski definition) is 1. The highest BCUT2D eigenvalue weighted by molar-refractivity contribution is 7.15. The second kappa shape index (κ2) is 7.74. The van der Waals surface area contributed by atoms with E-state index in [2.05, 4.69) is 28.5 Å². The molecule has 0 bridgehead atoms. The summed E-state index contributed by atoms with van der Waals surface area (Å²) in [6.07, 6.45) is 2.57. The third kappa shape index (κ3) is 3.87. The number of hydrogen-bond acceptors (Lipinski definition) is 5. The molecule has 25 heavy (non-hydrogen) atoms. The molecule has 0 radical (unpaired) electrons. The minimum atomic E-state index is -0.0498. The van der Waals surface area contributed by atoms with Crippen molar-refractivity contribution in [2.24, 2.45) is 0 Å². The molecule has 132 valence electrons. The summed E-state index contributed by atoms with van der Waals surface area (Å²) in [7, 11) is 0. The molecular formula is C18H22N4O2S. The molecule has 2 aromatic rings. The number of aromatic nitrogens is 2. The van der Waals surface area contributed by atoms with E-state index in [1.165, 1.54) is 16.9 Å². The summed E-state index contributed by atoms with van der Waals surface area (Å²) in [5.74, 6) is 0.0793. The van der Waals surface area contributed by atoms with Crippen LogP contribution in [-0.4, -0.2) is 28.6 Å². The molecule has 0 aliphatic carbocycles. The molecule has 0 saturated carbocycles. The zero-order chi connectivity index (χ0) is 17.8. The van der Waals surface area contributed by atoms with Crippen molar-refractivity contribution in [2.75, 3.05) is 16.8 Å². The van der Waals surface area contributed by atoms with E-state index < -0.39 is 0 Å². The number of nitrogens with one attached hydrogen (secondary N) is 1. The quantitative estimate of drug-likeness (QED) is 0.859. The van der Waals surface area contributed by atoms with Crippen molar-refractivity contribution >= 4 is 34.0 Å². The van der Waals surface area contributed by atoms with Crippen LogP contribution in [0.5, 0.6) is 0 Å². The Balaban J connectivity index is 1.72. The normalized spacial score (nSPS) is 17.1. The molecule has 2 amide bonds. The van der Waals surface area contributed by atoms with Crippen LogP contribution in [0.3, 0.4) is 0 Å². The topological polar surface area (TPSA) is 75.2 Å². The van der Waals surface area contributed by atoms with Gasteiger partial charge in [0.15, 0.2) is 0 Å². The number of carbonyl (C=O) groups is 2. The summed E-state index contributed by atoms with van der Waals surface area (Å²) in [5, 5.41) is 12.3. The molecule has 2 heterocycles. The van der Waals surface area contributed by atoms with Gasteiger partial charge in [0.1, 0.15) is 5.01 Å². The maximum absolute atomic E-state index is 12.5. The van der Waals surface area contributed by atoms with E-state index >= 15 is 0 Å². The van der Waals surface area contributed by atoms with Crippen molar-refractivity contribution in [1.29, 1.82) is 0 Å². The lowest BCUT2D eigenvalue weighted by Gasteiger charge is -2.19. The van der Waals surface area contributed by atoms with Crippen molar-refractivity contribution in [3.8, 4) is 0 Å². The number of carbonyl (C=O) groups excluding carboxylic acids is 2. The van der Waals surface area contributed by atoms with Gasteiger partial charge in [-0.25, -0.2) is 0 Å². The summed E-state index contributed by atoms with van der Waals surface area (Å²) in [4.78, 5) is 26.0. The fraction of sp³-hybridized carbons (Fsp3) is 0.444. The Morgan fingerprint density at radius 1 is 1.32 bits per heavy atom. The van der Waals surface area contributed by atoms with Gasteiger partial charge in [-0.1, -0.05) is 43.4 Å². The number of anilines is 2. The lowest BCUT2D eigenvalue weighted by Crippen LogP contribution is -2.25. The molecule has 1 N–H and O–H groups in total. The molecule has 1 fully saturated rings. The average molecular weight is 358 g/mol. The van der Waals surface area contributed by atoms with Gasteiger partial charge < -0.3 is 10.2 Å². The molecule has 1 atom stereocenters. The van der Waals surface area contributed by atoms with Gasteiger partial charge in [-0.2, -0.15) is 0 Å². The molecule has 6 nitrogen and oxygen atoms in total. The van der Waals surface area contributed by atoms with Gasteiger partial charge in [-0.05, 0) is 24.5 Å². The number of para-hydroxylation sites is 1. The predicted molar refractivity (Wildman–Crippen MR) is 99.0 cm³/mol. The van der Waals surface area contributed by atoms with Crippen molar-refractivity contribution in [3.63, 3.8) is 0 Å². The van der Waals surface area contributed by atoms with Crippen LogP contribution in [0.2, 0.25) is 0 Å². The maximum atomic E-state index is 12.5. The standard InChI is InChI=1S/C18H22N4O2S/c1-3-7-15(23)19-18-21-20-17(25-18)13-10-16(24)22(11-13)14-9-6-5-8-12(14)4-2/h5-6,8-9,13H,3-4,7,10-11H2,1-2H3,(H,19,21,23). The van der Waals surface area contributed by atoms with Crippen LogP contribution in [0.1, 0.15) is 49.6 Å². The average Bonchev–Trinajstić information content (AvgIpc) is 3.21. The van der Waals surface area contributed by atoms with Gasteiger partial charge in [-0.15, -0.1) is 10.2 Å². The first-order valence-corrected chi connectivity index (χ1v) is 9.45. The summed E-state index contributed by atoms with van der Waals surface area (Å²) >= 11 is 1.36. The number of rotatable bonds is 6. The van der Waals surface area contributed by atoms with Crippen LogP contribution in [0.4, 0.5) is 10.8 Å². The highest BCUT2D eigenvalue weighted by atomic mass is 32.1. The van der Waals surface area contributed by atoms with Crippen LogP contribution < -0.4 is 10.2 Å². The van der Waals surface area contributed by atoms with Gasteiger partial charge in [0, 0.05) is 31.0 Å².